The highest BCUT2D eigenvalue weighted by Crippen LogP contribution is 2.21. The Labute approximate surface area is 163 Å². The number of nitrogens with one attached hydrogen (secondary N) is 1. The summed E-state index contributed by atoms with van der Waals surface area (Å²) in [6.07, 6.45) is 4.14. The van der Waals surface area contributed by atoms with Crippen LogP contribution in [0.5, 0.6) is 5.75 Å². The fourth-order valence-corrected chi connectivity index (χ4v) is 3.03. The van der Waals surface area contributed by atoms with E-state index < -0.39 is 4.92 Å². The van der Waals surface area contributed by atoms with Gasteiger partial charge in [-0.15, -0.1) is 0 Å². The molecule has 2 heterocycles. The standard InChI is InChI=1S/C20H24N4O4/c1-15-7-9-23(10-8-15)19-6-5-16(12-21-19)13-22-20(25)14-28-18-4-2-3-17(11-18)24(26)27/h2-6,11-12,15H,7-10,13-14H2,1H3,(H,22,25). The summed E-state index contributed by atoms with van der Waals surface area (Å²) in [6, 6.07) is 9.69. The van der Waals surface area contributed by atoms with Crippen LogP contribution < -0.4 is 15.0 Å². The second-order valence-electron chi connectivity index (χ2n) is 7.01. The zero-order valence-corrected chi connectivity index (χ0v) is 15.8. The van der Waals surface area contributed by atoms with Gasteiger partial charge in [0.25, 0.3) is 11.6 Å². The van der Waals surface area contributed by atoms with Gasteiger partial charge in [0.2, 0.25) is 0 Å². The Kier molecular flexibility index (Phi) is 6.41. The maximum absolute atomic E-state index is 12.0. The molecule has 2 aromatic rings. The molecule has 1 aliphatic heterocycles. The Morgan fingerprint density at radius 2 is 2.11 bits per heavy atom. The SMILES string of the molecule is CC1CCN(c2ccc(CNC(=O)COc3cccc([N+](=O)[O-])c3)cn2)CC1. The second-order valence-corrected chi connectivity index (χ2v) is 7.01. The molecular weight excluding hydrogens is 360 g/mol. The molecule has 0 radical (unpaired) electrons. The van der Waals surface area contributed by atoms with Crippen molar-refractivity contribution in [1.82, 2.24) is 10.3 Å². The van der Waals surface area contributed by atoms with Crippen LogP contribution in [0.2, 0.25) is 0 Å². The first-order chi connectivity index (χ1) is 13.5. The molecule has 1 N–H and O–H groups in total. The van der Waals surface area contributed by atoms with Crippen LogP contribution in [0.1, 0.15) is 25.3 Å². The number of rotatable bonds is 7. The van der Waals surface area contributed by atoms with E-state index in [2.05, 4.69) is 22.1 Å². The lowest BCUT2D eigenvalue weighted by atomic mass is 9.99. The largest absolute Gasteiger partial charge is 0.484 e. The van der Waals surface area contributed by atoms with Gasteiger partial charge in [0.15, 0.2) is 6.61 Å². The summed E-state index contributed by atoms with van der Waals surface area (Å²) in [5.41, 5.74) is 0.824. The Bertz CT molecular complexity index is 817. The van der Waals surface area contributed by atoms with E-state index >= 15 is 0 Å². The maximum atomic E-state index is 12.0. The molecule has 1 fully saturated rings. The van der Waals surface area contributed by atoms with Gasteiger partial charge < -0.3 is 15.0 Å². The highest BCUT2D eigenvalue weighted by molar-refractivity contribution is 5.77. The van der Waals surface area contributed by atoms with Crippen LogP contribution in [0.25, 0.3) is 0 Å². The average Bonchev–Trinajstić information content (AvgIpc) is 2.72. The lowest BCUT2D eigenvalue weighted by molar-refractivity contribution is -0.384. The third kappa shape index (κ3) is 5.42. The molecule has 8 nitrogen and oxygen atoms in total. The van der Waals surface area contributed by atoms with E-state index in [9.17, 15) is 14.9 Å². The van der Waals surface area contributed by atoms with Crippen LogP contribution in [0.4, 0.5) is 11.5 Å². The molecule has 0 bridgehead atoms. The molecule has 1 aromatic heterocycles. The molecule has 1 aliphatic rings. The van der Waals surface area contributed by atoms with Crippen LogP contribution in [0.3, 0.4) is 0 Å². The number of carbonyl (C=O) groups is 1. The molecule has 148 valence electrons. The van der Waals surface area contributed by atoms with Crippen molar-refractivity contribution in [3.63, 3.8) is 0 Å². The number of non-ortho nitro benzene ring substituents is 1. The predicted octanol–water partition coefficient (Wildman–Crippen LogP) is 2.92. The molecule has 0 spiro atoms. The molecule has 28 heavy (non-hydrogen) atoms. The number of pyridine rings is 1. The molecule has 0 aliphatic carbocycles. The summed E-state index contributed by atoms with van der Waals surface area (Å²) in [4.78, 5) is 29.0. The average molecular weight is 384 g/mol. The van der Waals surface area contributed by atoms with Crippen LogP contribution in [0, 0.1) is 16.0 Å². The quantitative estimate of drug-likeness (QED) is 0.582. The minimum absolute atomic E-state index is 0.0766. The van der Waals surface area contributed by atoms with Gasteiger partial charge in [-0.1, -0.05) is 19.1 Å². The van der Waals surface area contributed by atoms with E-state index in [0.717, 1.165) is 30.4 Å². The van der Waals surface area contributed by atoms with Crippen molar-refractivity contribution in [2.45, 2.75) is 26.3 Å². The number of hydrogen-bond acceptors (Lipinski definition) is 6. The summed E-state index contributed by atoms with van der Waals surface area (Å²) in [5.74, 6) is 1.72. The van der Waals surface area contributed by atoms with Crippen molar-refractivity contribution in [2.75, 3.05) is 24.6 Å². The molecule has 3 rings (SSSR count). The van der Waals surface area contributed by atoms with Crippen molar-refractivity contribution in [3.05, 3.63) is 58.3 Å². The van der Waals surface area contributed by atoms with Crippen molar-refractivity contribution < 1.29 is 14.5 Å². The van der Waals surface area contributed by atoms with E-state index in [-0.39, 0.29) is 24.0 Å². The number of aromatic nitrogens is 1. The molecule has 1 aromatic carbocycles. The molecule has 1 saturated heterocycles. The number of nitro benzene ring substituents is 1. The Morgan fingerprint density at radius 3 is 2.79 bits per heavy atom. The van der Waals surface area contributed by atoms with Crippen molar-refractivity contribution in [2.24, 2.45) is 5.92 Å². The smallest absolute Gasteiger partial charge is 0.273 e. The zero-order valence-electron chi connectivity index (χ0n) is 15.8. The van der Waals surface area contributed by atoms with Crippen LogP contribution >= 0.6 is 0 Å². The normalized spacial score (nSPS) is 14.5. The van der Waals surface area contributed by atoms with Crippen LogP contribution in [0.15, 0.2) is 42.6 Å². The number of amides is 1. The van der Waals surface area contributed by atoms with Gasteiger partial charge in [0.1, 0.15) is 11.6 Å². The lowest BCUT2D eigenvalue weighted by Crippen LogP contribution is -2.33. The van der Waals surface area contributed by atoms with E-state index in [4.69, 9.17) is 4.74 Å². The van der Waals surface area contributed by atoms with Gasteiger partial charge in [-0.2, -0.15) is 0 Å². The molecule has 1 amide bonds. The first-order valence-electron chi connectivity index (χ1n) is 9.35. The minimum Gasteiger partial charge on any atom is -0.484 e. The van der Waals surface area contributed by atoms with E-state index in [1.54, 1.807) is 12.3 Å². The summed E-state index contributed by atoms with van der Waals surface area (Å²) in [5, 5.41) is 13.5. The van der Waals surface area contributed by atoms with Gasteiger partial charge in [-0.3, -0.25) is 14.9 Å². The van der Waals surface area contributed by atoms with Gasteiger partial charge in [0.05, 0.1) is 11.0 Å². The van der Waals surface area contributed by atoms with Crippen LogP contribution in [-0.4, -0.2) is 35.5 Å². The van der Waals surface area contributed by atoms with Gasteiger partial charge in [-0.25, -0.2) is 4.98 Å². The lowest BCUT2D eigenvalue weighted by Gasteiger charge is -2.31. The Hall–Kier alpha value is -3.16. The van der Waals surface area contributed by atoms with Crippen LogP contribution in [-0.2, 0) is 11.3 Å². The summed E-state index contributed by atoms with van der Waals surface area (Å²) in [7, 11) is 0. The number of anilines is 1. The number of hydrogen-bond donors (Lipinski definition) is 1. The van der Waals surface area contributed by atoms with E-state index in [0.29, 0.717) is 6.54 Å². The fourth-order valence-electron chi connectivity index (χ4n) is 3.03. The third-order valence-corrected chi connectivity index (χ3v) is 4.80. The molecule has 8 heteroatoms. The molecule has 0 saturated carbocycles. The number of nitrogens with zero attached hydrogens (tertiary/aromatic N) is 3. The highest BCUT2D eigenvalue weighted by Gasteiger charge is 2.16. The Balaban J connectivity index is 1.44. The Morgan fingerprint density at radius 1 is 1.32 bits per heavy atom. The number of carbonyl (C=O) groups excluding carboxylic acids is 1. The first kappa shape index (κ1) is 19.6. The highest BCUT2D eigenvalue weighted by atomic mass is 16.6. The van der Waals surface area contributed by atoms with Gasteiger partial charge in [0, 0.05) is 31.9 Å². The zero-order chi connectivity index (χ0) is 19.9. The van der Waals surface area contributed by atoms with E-state index in [1.165, 1.54) is 31.0 Å². The predicted molar refractivity (Wildman–Crippen MR) is 105 cm³/mol. The van der Waals surface area contributed by atoms with E-state index in [1.807, 2.05) is 12.1 Å². The van der Waals surface area contributed by atoms with Crippen molar-refractivity contribution in [3.8, 4) is 5.75 Å². The first-order valence-corrected chi connectivity index (χ1v) is 9.35. The molecular formula is C20H24N4O4. The van der Waals surface area contributed by atoms with Gasteiger partial charge >= 0.3 is 0 Å². The van der Waals surface area contributed by atoms with Crippen molar-refractivity contribution in [1.29, 1.82) is 0 Å². The maximum Gasteiger partial charge on any atom is 0.273 e. The second kappa shape index (κ2) is 9.16. The number of benzene rings is 1. The summed E-state index contributed by atoms with van der Waals surface area (Å²) < 4.78 is 5.32. The summed E-state index contributed by atoms with van der Waals surface area (Å²) in [6.45, 7) is 4.47. The number of nitro groups is 1. The number of ether oxygens (including phenoxy) is 1. The monoisotopic (exact) mass is 384 g/mol. The topological polar surface area (TPSA) is 97.6 Å². The fraction of sp³-hybridized carbons (Fsp3) is 0.400. The third-order valence-electron chi connectivity index (χ3n) is 4.80. The number of piperidine rings is 1. The summed E-state index contributed by atoms with van der Waals surface area (Å²) >= 11 is 0. The minimum atomic E-state index is -0.506. The van der Waals surface area contributed by atoms with Gasteiger partial charge in [-0.05, 0) is 36.5 Å². The molecule has 0 unspecified atom stereocenters. The van der Waals surface area contributed by atoms with Crippen molar-refractivity contribution >= 4 is 17.4 Å². The molecule has 0 atom stereocenters.